The van der Waals surface area contributed by atoms with Gasteiger partial charge < -0.3 is 10.7 Å². The highest BCUT2D eigenvalue weighted by Crippen LogP contribution is 2.29. The molecule has 3 N–H and O–H groups in total. The number of aryl methyl sites for hydroxylation is 1. The average Bonchev–Trinajstić information content (AvgIpc) is 2.65. The number of fused-ring (bicyclic) bond motifs is 1. The van der Waals surface area contributed by atoms with Crippen LogP contribution >= 0.6 is 0 Å². The average molecular weight is 230 g/mol. The summed E-state index contributed by atoms with van der Waals surface area (Å²) < 4.78 is 0. The van der Waals surface area contributed by atoms with Gasteiger partial charge in [0.15, 0.2) is 0 Å². The minimum absolute atomic E-state index is 0.165. The van der Waals surface area contributed by atoms with Gasteiger partial charge in [0, 0.05) is 22.6 Å². The van der Waals surface area contributed by atoms with E-state index in [0.29, 0.717) is 0 Å². The van der Waals surface area contributed by atoms with Crippen molar-refractivity contribution in [1.29, 1.82) is 0 Å². The van der Waals surface area contributed by atoms with Gasteiger partial charge in [0.1, 0.15) is 0 Å². The first-order chi connectivity index (χ1) is 8.24. The molecule has 0 spiro atoms. The first kappa shape index (κ1) is 12.2. The van der Waals surface area contributed by atoms with Crippen molar-refractivity contribution in [3.05, 3.63) is 35.5 Å². The molecule has 0 aliphatic carbocycles. The topological polar surface area (TPSA) is 41.8 Å². The van der Waals surface area contributed by atoms with Crippen molar-refractivity contribution in [2.24, 2.45) is 5.73 Å². The van der Waals surface area contributed by atoms with Gasteiger partial charge >= 0.3 is 0 Å². The zero-order valence-electron chi connectivity index (χ0n) is 10.8. The third-order valence-electron chi connectivity index (χ3n) is 3.43. The summed E-state index contributed by atoms with van der Waals surface area (Å²) in [6, 6.07) is 8.58. The third kappa shape index (κ3) is 2.52. The van der Waals surface area contributed by atoms with Gasteiger partial charge in [-0.1, -0.05) is 44.4 Å². The van der Waals surface area contributed by atoms with Gasteiger partial charge in [-0.05, 0) is 25.0 Å². The highest BCUT2D eigenvalue weighted by molar-refractivity contribution is 5.85. The Balaban J connectivity index is 2.24. The van der Waals surface area contributed by atoms with Gasteiger partial charge in [-0.3, -0.25) is 0 Å². The summed E-state index contributed by atoms with van der Waals surface area (Å²) >= 11 is 0. The van der Waals surface area contributed by atoms with Crippen molar-refractivity contribution in [2.75, 3.05) is 0 Å². The number of H-pyrrole nitrogens is 1. The van der Waals surface area contributed by atoms with E-state index >= 15 is 0 Å². The number of unbranched alkanes of at least 4 members (excludes halogenated alkanes) is 2. The minimum Gasteiger partial charge on any atom is -0.358 e. The molecule has 1 aromatic heterocycles. The maximum absolute atomic E-state index is 6.33. The van der Waals surface area contributed by atoms with E-state index < -0.39 is 0 Å². The molecule has 92 valence electrons. The van der Waals surface area contributed by atoms with E-state index in [1.165, 1.54) is 41.4 Å². The second-order valence-corrected chi connectivity index (χ2v) is 4.81. The van der Waals surface area contributed by atoms with E-state index in [9.17, 15) is 0 Å². The van der Waals surface area contributed by atoms with Crippen LogP contribution < -0.4 is 5.73 Å². The summed E-state index contributed by atoms with van der Waals surface area (Å²) in [7, 11) is 0. The van der Waals surface area contributed by atoms with E-state index in [2.05, 4.69) is 43.1 Å². The van der Waals surface area contributed by atoms with Crippen molar-refractivity contribution < 1.29 is 0 Å². The quantitative estimate of drug-likeness (QED) is 0.747. The first-order valence-corrected chi connectivity index (χ1v) is 6.56. The van der Waals surface area contributed by atoms with Crippen LogP contribution in [-0.2, 0) is 0 Å². The molecule has 0 fully saturated rings. The largest absolute Gasteiger partial charge is 0.358 e. The van der Waals surface area contributed by atoms with Gasteiger partial charge in [0.25, 0.3) is 0 Å². The van der Waals surface area contributed by atoms with Gasteiger partial charge in [-0.25, -0.2) is 0 Å². The molecule has 0 unspecified atom stereocenters. The molecule has 0 amide bonds. The van der Waals surface area contributed by atoms with E-state index in [1.807, 2.05) is 0 Å². The molecule has 0 saturated carbocycles. The highest BCUT2D eigenvalue weighted by atomic mass is 14.7. The van der Waals surface area contributed by atoms with Crippen LogP contribution in [-0.4, -0.2) is 4.98 Å². The Morgan fingerprint density at radius 2 is 2.00 bits per heavy atom. The fourth-order valence-corrected chi connectivity index (χ4v) is 2.53. The molecule has 0 aliphatic rings. The van der Waals surface area contributed by atoms with Crippen molar-refractivity contribution in [3.8, 4) is 0 Å². The molecular weight excluding hydrogens is 208 g/mol. The molecule has 1 aromatic carbocycles. The van der Waals surface area contributed by atoms with Crippen molar-refractivity contribution in [1.82, 2.24) is 4.98 Å². The predicted molar refractivity (Wildman–Crippen MR) is 74.1 cm³/mol. The number of rotatable bonds is 5. The number of benzene rings is 1. The number of hydrogen-bond acceptors (Lipinski definition) is 1. The van der Waals surface area contributed by atoms with Crippen LogP contribution in [0.4, 0.5) is 0 Å². The Labute approximate surface area is 103 Å². The molecule has 0 radical (unpaired) electrons. The zero-order chi connectivity index (χ0) is 12.3. The SMILES string of the molecule is CCCCC[C@H](N)c1c(C)[nH]c2ccccc12. The lowest BCUT2D eigenvalue weighted by Gasteiger charge is -2.12. The monoisotopic (exact) mass is 230 g/mol. The second-order valence-electron chi connectivity index (χ2n) is 4.81. The molecule has 2 rings (SSSR count). The fourth-order valence-electron chi connectivity index (χ4n) is 2.53. The van der Waals surface area contributed by atoms with Crippen LogP contribution in [0.25, 0.3) is 10.9 Å². The maximum atomic E-state index is 6.33. The summed E-state index contributed by atoms with van der Waals surface area (Å²) in [6.07, 6.45) is 4.82. The van der Waals surface area contributed by atoms with Crippen LogP contribution in [0.15, 0.2) is 24.3 Å². The predicted octanol–water partition coefficient (Wildman–Crippen LogP) is 4.06. The fraction of sp³-hybridized carbons (Fsp3) is 0.467. The standard InChI is InChI=1S/C15H22N2/c1-3-4-5-9-13(16)15-11(2)17-14-10-7-6-8-12(14)15/h6-8,10,13,17H,3-5,9,16H2,1-2H3/t13-/m0/s1. The van der Waals surface area contributed by atoms with E-state index in [-0.39, 0.29) is 6.04 Å². The Morgan fingerprint density at radius 1 is 1.24 bits per heavy atom. The van der Waals surface area contributed by atoms with Crippen LogP contribution in [0.1, 0.15) is 49.9 Å². The molecule has 0 bridgehead atoms. The Hall–Kier alpha value is -1.28. The van der Waals surface area contributed by atoms with E-state index in [4.69, 9.17) is 5.73 Å². The summed E-state index contributed by atoms with van der Waals surface area (Å²) in [5.41, 5.74) is 10.0. The minimum atomic E-state index is 0.165. The van der Waals surface area contributed by atoms with Crippen LogP contribution in [0, 0.1) is 6.92 Å². The molecule has 17 heavy (non-hydrogen) atoms. The summed E-state index contributed by atoms with van der Waals surface area (Å²) in [5, 5.41) is 1.29. The molecule has 0 aliphatic heterocycles. The molecule has 1 heterocycles. The normalized spacial score (nSPS) is 13.1. The lowest BCUT2D eigenvalue weighted by molar-refractivity contribution is 0.582. The van der Waals surface area contributed by atoms with Gasteiger partial charge in [0.05, 0.1) is 0 Å². The molecule has 2 nitrogen and oxygen atoms in total. The number of para-hydroxylation sites is 1. The maximum Gasteiger partial charge on any atom is 0.0459 e. The molecule has 1 atom stereocenters. The van der Waals surface area contributed by atoms with Crippen molar-refractivity contribution >= 4 is 10.9 Å². The van der Waals surface area contributed by atoms with Gasteiger partial charge in [-0.15, -0.1) is 0 Å². The number of aromatic amines is 1. The van der Waals surface area contributed by atoms with Crippen molar-refractivity contribution in [2.45, 2.75) is 45.6 Å². The van der Waals surface area contributed by atoms with E-state index in [1.54, 1.807) is 0 Å². The summed E-state index contributed by atoms with van der Waals surface area (Å²) in [5.74, 6) is 0. The molecule has 0 saturated heterocycles. The second kappa shape index (κ2) is 5.37. The molecule has 2 heteroatoms. The number of nitrogens with two attached hydrogens (primary N) is 1. The lowest BCUT2D eigenvalue weighted by atomic mass is 9.98. The molecule has 2 aromatic rings. The van der Waals surface area contributed by atoms with Crippen LogP contribution in [0.3, 0.4) is 0 Å². The summed E-state index contributed by atoms with van der Waals surface area (Å²) in [4.78, 5) is 3.42. The Kier molecular flexibility index (Phi) is 3.85. The van der Waals surface area contributed by atoms with Crippen LogP contribution in [0.5, 0.6) is 0 Å². The van der Waals surface area contributed by atoms with E-state index in [0.717, 1.165) is 6.42 Å². The lowest BCUT2D eigenvalue weighted by Crippen LogP contribution is -2.10. The van der Waals surface area contributed by atoms with Gasteiger partial charge in [0.2, 0.25) is 0 Å². The number of nitrogens with one attached hydrogen (secondary N) is 1. The third-order valence-corrected chi connectivity index (χ3v) is 3.43. The first-order valence-electron chi connectivity index (χ1n) is 6.56. The van der Waals surface area contributed by atoms with Gasteiger partial charge in [-0.2, -0.15) is 0 Å². The number of aromatic nitrogens is 1. The highest BCUT2D eigenvalue weighted by Gasteiger charge is 2.14. The summed E-state index contributed by atoms with van der Waals surface area (Å²) in [6.45, 7) is 4.34. The Morgan fingerprint density at radius 3 is 2.76 bits per heavy atom. The van der Waals surface area contributed by atoms with Crippen molar-refractivity contribution in [3.63, 3.8) is 0 Å². The smallest absolute Gasteiger partial charge is 0.0459 e. The van der Waals surface area contributed by atoms with Crippen LogP contribution in [0.2, 0.25) is 0 Å². The Bertz CT molecular complexity index is 485. The zero-order valence-corrected chi connectivity index (χ0v) is 10.8. The molecular formula is C15H22N2. The number of hydrogen-bond donors (Lipinski definition) is 2.